The van der Waals surface area contributed by atoms with Crippen LogP contribution in [0, 0.1) is 0 Å². The van der Waals surface area contributed by atoms with Gasteiger partial charge in [-0.2, -0.15) is 12.6 Å². The molecule has 0 fully saturated rings. The highest BCUT2D eigenvalue weighted by molar-refractivity contribution is 7.80. The van der Waals surface area contributed by atoms with Crippen LogP contribution in [0.25, 0.3) is 0 Å². The van der Waals surface area contributed by atoms with E-state index in [2.05, 4.69) is 38.4 Å². The Morgan fingerprint density at radius 3 is 2.43 bits per heavy atom. The molecule has 0 radical (unpaired) electrons. The van der Waals surface area contributed by atoms with Crippen LogP contribution in [0.3, 0.4) is 0 Å². The monoisotopic (exact) mass is 219 g/mol. The molecule has 86 valence electrons. The van der Waals surface area contributed by atoms with Gasteiger partial charge in [-0.05, 0) is 46.0 Å². The third-order valence-electron chi connectivity index (χ3n) is 2.12. The molecule has 0 saturated carbocycles. The average molecular weight is 219 g/mol. The Morgan fingerprint density at radius 2 is 1.86 bits per heavy atom. The number of rotatable bonds is 9. The van der Waals surface area contributed by atoms with Crippen molar-refractivity contribution in [3.8, 4) is 0 Å². The lowest BCUT2D eigenvalue weighted by Crippen LogP contribution is -2.25. The van der Waals surface area contributed by atoms with Crippen molar-refractivity contribution in [2.75, 3.05) is 32.5 Å². The molecule has 0 heterocycles. The van der Waals surface area contributed by atoms with Gasteiger partial charge in [-0.25, -0.2) is 0 Å². The smallest absolute Gasteiger partial charge is 0.0596 e. The van der Waals surface area contributed by atoms with Crippen molar-refractivity contribution in [2.45, 2.75) is 39.2 Å². The van der Waals surface area contributed by atoms with E-state index in [1.165, 1.54) is 25.8 Å². The normalized spacial score (nSPS) is 11.6. The first-order chi connectivity index (χ1) is 6.66. The van der Waals surface area contributed by atoms with Crippen LogP contribution in [0.15, 0.2) is 0 Å². The van der Waals surface area contributed by atoms with Gasteiger partial charge < -0.3 is 9.64 Å². The minimum atomic E-state index is 0.354. The molecule has 3 heteroatoms. The van der Waals surface area contributed by atoms with Crippen molar-refractivity contribution in [1.82, 2.24) is 4.90 Å². The molecule has 0 rings (SSSR count). The predicted octanol–water partition coefficient (Wildman–Crippen LogP) is 2.44. The Labute approximate surface area is 94.4 Å². The van der Waals surface area contributed by atoms with Crippen molar-refractivity contribution in [3.63, 3.8) is 0 Å². The van der Waals surface area contributed by atoms with Gasteiger partial charge in [0, 0.05) is 6.54 Å². The Balaban J connectivity index is 3.15. The van der Waals surface area contributed by atoms with E-state index in [0.717, 1.165) is 18.9 Å². The third-order valence-corrected chi connectivity index (χ3v) is 2.44. The molecular formula is C11H25NOS. The lowest BCUT2D eigenvalue weighted by Gasteiger charge is -2.17. The van der Waals surface area contributed by atoms with Crippen molar-refractivity contribution < 1.29 is 4.74 Å². The van der Waals surface area contributed by atoms with Gasteiger partial charge >= 0.3 is 0 Å². The Morgan fingerprint density at radius 1 is 1.14 bits per heavy atom. The van der Waals surface area contributed by atoms with Crippen LogP contribution in [0.1, 0.15) is 33.1 Å². The first kappa shape index (κ1) is 14.3. The number of ether oxygens (including phenoxy) is 1. The van der Waals surface area contributed by atoms with Gasteiger partial charge in [0.25, 0.3) is 0 Å². The first-order valence-electron chi connectivity index (χ1n) is 5.57. The van der Waals surface area contributed by atoms with Gasteiger partial charge in [-0.1, -0.05) is 6.42 Å². The number of thiol groups is 1. The maximum absolute atomic E-state index is 5.49. The van der Waals surface area contributed by atoms with Gasteiger partial charge in [-0.15, -0.1) is 0 Å². The maximum atomic E-state index is 5.49. The SMILES string of the molecule is CC(C)OCCN(C)CCCCCS. The van der Waals surface area contributed by atoms with Gasteiger partial charge in [-0.3, -0.25) is 0 Å². The summed E-state index contributed by atoms with van der Waals surface area (Å²) in [6.45, 7) is 7.22. The summed E-state index contributed by atoms with van der Waals surface area (Å²) >= 11 is 4.19. The summed E-state index contributed by atoms with van der Waals surface area (Å²) in [5.74, 6) is 1.01. The number of hydrogen-bond donors (Lipinski definition) is 1. The largest absolute Gasteiger partial charge is 0.377 e. The topological polar surface area (TPSA) is 12.5 Å². The molecule has 0 amide bonds. The zero-order chi connectivity index (χ0) is 10.8. The molecule has 0 N–H and O–H groups in total. The molecule has 0 aliphatic heterocycles. The second kappa shape index (κ2) is 9.81. The predicted molar refractivity (Wildman–Crippen MR) is 66.3 cm³/mol. The van der Waals surface area contributed by atoms with E-state index in [1.807, 2.05) is 0 Å². The van der Waals surface area contributed by atoms with Gasteiger partial charge in [0.15, 0.2) is 0 Å². The van der Waals surface area contributed by atoms with Crippen LogP contribution >= 0.6 is 12.6 Å². The molecule has 0 unspecified atom stereocenters. The van der Waals surface area contributed by atoms with E-state index in [9.17, 15) is 0 Å². The van der Waals surface area contributed by atoms with Crippen molar-refractivity contribution in [3.05, 3.63) is 0 Å². The molecule has 2 nitrogen and oxygen atoms in total. The molecule has 0 aromatic carbocycles. The molecule has 0 saturated heterocycles. The van der Waals surface area contributed by atoms with Crippen LogP contribution in [-0.4, -0.2) is 43.5 Å². The minimum Gasteiger partial charge on any atom is -0.377 e. The van der Waals surface area contributed by atoms with Crippen molar-refractivity contribution in [1.29, 1.82) is 0 Å². The van der Waals surface area contributed by atoms with E-state index < -0.39 is 0 Å². The molecule has 0 aliphatic rings. The number of hydrogen-bond acceptors (Lipinski definition) is 3. The maximum Gasteiger partial charge on any atom is 0.0596 e. The number of nitrogens with zero attached hydrogens (tertiary/aromatic N) is 1. The van der Waals surface area contributed by atoms with Crippen molar-refractivity contribution >= 4 is 12.6 Å². The summed E-state index contributed by atoms with van der Waals surface area (Å²) < 4.78 is 5.49. The highest BCUT2D eigenvalue weighted by Gasteiger charge is 1.99. The standard InChI is InChI=1S/C11H25NOS/c1-11(2)13-9-8-12(3)7-5-4-6-10-14/h11,14H,4-10H2,1-3H3. The fraction of sp³-hybridized carbons (Fsp3) is 1.00. The third kappa shape index (κ3) is 10.4. The van der Waals surface area contributed by atoms with Crippen LogP contribution in [0.5, 0.6) is 0 Å². The molecule has 0 aliphatic carbocycles. The van der Waals surface area contributed by atoms with Crippen molar-refractivity contribution in [2.24, 2.45) is 0 Å². The zero-order valence-corrected chi connectivity index (χ0v) is 10.7. The van der Waals surface area contributed by atoms with Crippen LogP contribution < -0.4 is 0 Å². The lowest BCUT2D eigenvalue weighted by atomic mass is 10.2. The van der Waals surface area contributed by atoms with E-state index in [0.29, 0.717) is 6.10 Å². The quantitative estimate of drug-likeness (QED) is 0.472. The summed E-state index contributed by atoms with van der Waals surface area (Å²) in [4.78, 5) is 2.33. The fourth-order valence-electron chi connectivity index (χ4n) is 1.23. The Hall–Kier alpha value is 0.270. The zero-order valence-electron chi connectivity index (χ0n) is 9.83. The summed E-state index contributed by atoms with van der Waals surface area (Å²) in [5, 5.41) is 0. The minimum absolute atomic E-state index is 0.354. The molecule has 0 bridgehead atoms. The molecule has 0 aromatic heterocycles. The van der Waals surface area contributed by atoms with Gasteiger partial charge in [0.1, 0.15) is 0 Å². The van der Waals surface area contributed by atoms with E-state index in [1.54, 1.807) is 0 Å². The summed E-state index contributed by atoms with van der Waals surface area (Å²) in [6, 6.07) is 0. The van der Waals surface area contributed by atoms with Crippen LogP contribution in [0.4, 0.5) is 0 Å². The summed E-state index contributed by atoms with van der Waals surface area (Å²) in [7, 11) is 2.16. The number of unbranched alkanes of at least 4 members (excludes halogenated alkanes) is 2. The van der Waals surface area contributed by atoms with E-state index in [4.69, 9.17) is 4.74 Å². The second-order valence-corrected chi connectivity index (χ2v) is 4.45. The molecule has 14 heavy (non-hydrogen) atoms. The number of likely N-dealkylation sites (N-methyl/N-ethyl adjacent to an activating group) is 1. The Kier molecular flexibility index (Phi) is 10.0. The van der Waals surface area contributed by atoms with E-state index in [-0.39, 0.29) is 0 Å². The second-order valence-electron chi connectivity index (χ2n) is 4.01. The van der Waals surface area contributed by atoms with Crippen LogP contribution in [-0.2, 0) is 4.74 Å². The summed E-state index contributed by atoms with van der Waals surface area (Å²) in [6.07, 6.45) is 4.16. The van der Waals surface area contributed by atoms with Gasteiger partial charge in [0.2, 0.25) is 0 Å². The fourth-order valence-corrected chi connectivity index (χ4v) is 1.45. The Bertz CT molecular complexity index is 120. The molecule has 0 aromatic rings. The summed E-state index contributed by atoms with van der Waals surface area (Å²) in [5.41, 5.74) is 0. The highest BCUT2D eigenvalue weighted by Crippen LogP contribution is 1.98. The lowest BCUT2D eigenvalue weighted by molar-refractivity contribution is 0.0636. The highest BCUT2D eigenvalue weighted by atomic mass is 32.1. The average Bonchev–Trinajstić information content (AvgIpc) is 2.12. The molecular weight excluding hydrogens is 194 g/mol. The molecule has 0 spiro atoms. The van der Waals surface area contributed by atoms with Crippen LogP contribution in [0.2, 0.25) is 0 Å². The molecule has 0 atom stereocenters. The van der Waals surface area contributed by atoms with E-state index >= 15 is 0 Å². The first-order valence-corrected chi connectivity index (χ1v) is 6.21. The van der Waals surface area contributed by atoms with Gasteiger partial charge in [0.05, 0.1) is 12.7 Å².